The van der Waals surface area contributed by atoms with Crippen molar-refractivity contribution >= 4 is 23.4 Å². The van der Waals surface area contributed by atoms with Crippen LogP contribution < -0.4 is 5.32 Å². The van der Waals surface area contributed by atoms with Crippen molar-refractivity contribution in [3.63, 3.8) is 0 Å². The van der Waals surface area contributed by atoms with Crippen molar-refractivity contribution in [3.05, 3.63) is 34.4 Å². The molecule has 7 nitrogen and oxygen atoms in total. The summed E-state index contributed by atoms with van der Waals surface area (Å²) in [4.78, 5) is 19.1. The lowest BCUT2D eigenvalue weighted by molar-refractivity contribution is -0.388. The van der Waals surface area contributed by atoms with Crippen LogP contribution in [-0.2, 0) is 0 Å². The second kappa shape index (κ2) is 5.05. The molecule has 2 rings (SSSR count). The van der Waals surface area contributed by atoms with Crippen LogP contribution in [0, 0.1) is 17.0 Å². The quantitative estimate of drug-likeness (QED) is 0.516. The third kappa shape index (κ3) is 2.43. The maximum absolute atomic E-state index is 10.9. The molecule has 0 aromatic carbocycles. The Hall–Kier alpha value is -2.09. The zero-order valence-electron chi connectivity index (χ0n) is 9.71. The molecule has 18 heavy (non-hydrogen) atoms. The standard InChI is InChI=1S/C10H10N4O3S/c1-6-8(3-4-17-6)18-9-7(14(15)16)5-12-10(11-2)13-9/h3-5H,1-2H3,(H,11,12,13). The van der Waals surface area contributed by atoms with Gasteiger partial charge in [-0.25, -0.2) is 4.98 Å². The van der Waals surface area contributed by atoms with Crippen molar-refractivity contribution < 1.29 is 9.34 Å². The Morgan fingerprint density at radius 1 is 1.56 bits per heavy atom. The molecule has 0 bridgehead atoms. The number of furan rings is 1. The fourth-order valence-electron chi connectivity index (χ4n) is 1.26. The van der Waals surface area contributed by atoms with Gasteiger partial charge in [0.1, 0.15) is 12.0 Å². The lowest BCUT2D eigenvalue weighted by Gasteiger charge is -2.03. The van der Waals surface area contributed by atoms with E-state index in [2.05, 4.69) is 15.3 Å². The van der Waals surface area contributed by atoms with Gasteiger partial charge in [0.05, 0.1) is 16.1 Å². The zero-order chi connectivity index (χ0) is 13.1. The smallest absolute Gasteiger partial charge is 0.320 e. The maximum Gasteiger partial charge on any atom is 0.320 e. The number of nitrogens with one attached hydrogen (secondary N) is 1. The van der Waals surface area contributed by atoms with Crippen LogP contribution in [0.4, 0.5) is 11.6 Å². The fourth-order valence-corrected chi connectivity index (χ4v) is 2.15. The summed E-state index contributed by atoms with van der Waals surface area (Å²) in [7, 11) is 1.65. The Morgan fingerprint density at radius 2 is 2.33 bits per heavy atom. The summed E-state index contributed by atoms with van der Waals surface area (Å²) in [6.45, 7) is 1.79. The van der Waals surface area contributed by atoms with Gasteiger partial charge in [-0.1, -0.05) is 11.8 Å². The molecule has 1 N–H and O–H groups in total. The van der Waals surface area contributed by atoms with Gasteiger partial charge in [0, 0.05) is 7.05 Å². The molecule has 0 radical (unpaired) electrons. The number of nitrogens with zero attached hydrogens (tertiary/aromatic N) is 3. The number of nitro groups is 1. The molecule has 8 heteroatoms. The van der Waals surface area contributed by atoms with E-state index < -0.39 is 4.92 Å². The van der Waals surface area contributed by atoms with Crippen LogP contribution in [0.15, 0.2) is 32.9 Å². The third-order valence-corrected chi connectivity index (χ3v) is 3.31. The van der Waals surface area contributed by atoms with Crippen LogP contribution in [0.25, 0.3) is 0 Å². The summed E-state index contributed by atoms with van der Waals surface area (Å²) >= 11 is 1.18. The molecule has 0 saturated heterocycles. The van der Waals surface area contributed by atoms with Crippen molar-refractivity contribution in [2.45, 2.75) is 16.8 Å². The second-order valence-electron chi connectivity index (χ2n) is 3.33. The first-order valence-corrected chi connectivity index (χ1v) is 5.84. The molecular formula is C10H10N4O3S. The van der Waals surface area contributed by atoms with E-state index in [0.29, 0.717) is 11.7 Å². The first kappa shape index (κ1) is 12.4. The minimum Gasteiger partial charge on any atom is -0.468 e. The number of hydrogen-bond acceptors (Lipinski definition) is 7. The van der Waals surface area contributed by atoms with Crippen molar-refractivity contribution in [1.82, 2.24) is 9.97 Å². The minimum atomic E-state index is -0.503. The predicted octanol–water partition coefficient (Wildman–Crippen LogP) is 2.48. The van der Waals surface area contributed by atoms with E-state index in [1.165, 1.54) is 24.2 Å². The minimum absolute atomic E-state index is 0.125. The van der Waals surface area contributed by atoms with Gasteiger partial charge >= 0.3 is 5.69 Å². The summed E-state index contributed by atoms with van der Waals surface area (Å²) in [5, 5.41) is 13.9. The Kier molecular flexibility index (Phi) is 3.47. The van der Waals surface area contributed by atoms with Crippen molar-refractivity contribution in [3.8, 4) is 0 Å². The lowest BCUT2D eigenvalue weighted by Crippen LogP contribution is -2.00. The molecule has 0 aliphatic carbocycles. The Labute approximate surface area is 107 Å². The van der Waals surface area contributed by atoms with E-state index >= 15 is 0 Å². The highest BCUT2D eigenvalue weighted by atomic mass is 32.2. The zero-order valence-corrected chi connectivity index (χ0v) is 10.5. The second-order valence-corrected chi connectivity index (χ2v) is 4.36. The first-order valence-electron chi connectivity index (χ1n) is 5.03. The lowest BCUT2D eigenvalue weighted by atomic mass is 10.5. The molecule has 2 aromatic heterocycles. The van der Waals surface area contributed by atoms with Crippen LogP contribution in [0.1, 0.15) is 5.76 Å². The van der Waals surface area contributed by atoms with Gasteiger partial charge in [-0.05, 0) is 13.0 Å². The molecule has 2 aromatic rings. The van der Waals surface area contributed by atoms with Crippen molar-refractivity contribution in [2.24, 2.45) is 0 Å². The molecule has 0 amide bonds. The Morgan fingerprint density at radius 3 is 2.89 bits per heavy atom. The van der Waals surface area contributed by atoms with Gasteiger partial charge in [-0.3, -0.25) is 10.1 Å². The normalized spacial score (nSPS) is 10.3. The molecular weight excluding hydrogens is 256 g/mol. The number of aromatic nitrogens is 2. The monoisotopic (exact) mass is 266 g/mol. The van der Waals surface area contributed by atoms with Crippen LogP contribution >= 0.6 is 11.8 Å². The van der Waals surface area contributed by atoms with Crippen molar-refractivity contribution in [2.75, 3.05) is 12.4 Å². The number of hydrogen-bond donors (Lipinski definition) is 1. The predicted molar refractivity (Wildman–Crippen MR) is 65.8 cm³/mol. The van der Waals surface area contributed by atoms with Gasteiger partial charge < -0.3 is 9.73 Å². The molecule has 0 saturated carbocycles. The summed E-state index contributed by atoms with van der Waals surface area (Å²) in [5.41, 5.74) is -0.125. The number of rotatable bonds is 4. The topological polar surface area (TPSA) is 94.1 Å². The van der Waals surface area contributed by atoms with Crippen LogP contribution in [-0.4, -0.2) is 21.9 Å². The molecule has 0 fully saturated rings. The van der Waals surface area contributed by atoms with Crippen LogP contribution in [0.3, 0.4) is 0 Å². The molecule has 0 spiro atoms. The van der Waals surface area contributed by atoms with Gasteiger partial charge in [0.2, 0.25) is 5.95 Å². The first-order chi connectivity index (χ1) is 8.61. The van der Waals surface area contributed by atoms with Crippen molar-refractivity contribution in [1.29, 1.82) is 0 Å². The molecule has 94 valence electrons. The van der Waals surface area contributed by atoms with Gasteiger partial charge in [-0.2, -0.15) is 4.98 Å². The van der Waals surface area contributed by atoms with E-state index in [9.17, 15) is 10.1 Å². The summed E-state index contributed by atoms with van der Waals surface area (Å²) in [5.74, 6) is 1.03. The largest absolute Gasteiger partial charge is 0.468 e. The molecule has 0 unspecified atom stereocenters. The van der Waals surface area contributed by atoms with Gasteiger partial charge in [0.15, 0.2) is 5.03 Å². The molecule has 0 atom stereocenters. The summed E-state index contributed by atoms with van der Waals surface area (Å²) < 4.78 is 5.14. The third-order valence-electron chi connectivity index (χ3n) is 2.17. The highest BCUT2D eigenvalue weighted by molar-refractivity contribution is 7.99. The van der Waals surface area contributed by atoms with E-state index in [1.807, 2.05) is 0 Å². The highest BCUT2D eigenvalue weighted by Gasteiger charge is 2.19. The highest BCUT2D eigenvalue weighted by Crippen LogP contribution is 2.35. The Bertz CT molecular complexity index is 584. The molecule has 2 heterocycles. The Balaban J connectivity index is 2.41. The number of anilines is 1. The average molecular weight is 266 g/mol. The fraction of sp³-hybridized carbons (Fsp3) is 0.200. The number of aryl methyl sites for hydroxylation is 1. The molecule has 0 aliphatic heterocycles. The summed E-state index contributed by atoms with van der Waals surface area (Å²) in [6.07, 6.45) is 2.72. The van der Waals surface area contributed by atoms with E-state index in [0.717, 1.165) is 4.90 Å². The average Bonchev–Trinajstić information content (AvgIpc) is 2.74. The SMILES string of the molecule is CNc1ncc([N+](=O)[O-])c(Sc2ccoc2C)n1. The van der Waals surface area contributed by atoms with Gasteiger partial charge in [0.25, 0.3) is 0 Å². The van der Waals surface area contributed by atoms with E-state index in [-0.39, 0.29) is 10.7 Å². The summed E-state index contributed by atoms with van der Waals surface area (Å²) in [6, 6.07) is 1.74. The molecule has 0 aliphatic rings. The maximum atomic E-state index is 10.9. The van der Waals surface area contributed by atoms with Gasteiger partial charge in [-0.15, -0.1) is 0 Å². The van der Waals surface area contributed by atoms with Crippen LogP contribution in [0.2, 0.25) is 0 Å². The van der Waals surface area contributed by atoms with Crippen LogP contribution in [0.5, 0.6) is 0 Å². The van der Waals surface area contributed by atoms with E-state index in [4.69, 9.17) is 4.42 Å². The van der Waals surface area contributed by atoms with E-state index in [1.54, 1.807) is 20.0 Å².